The van der Waals surface area contributed by atoms with Crippen LogP contribution in [0.4, 0.5) is 14.5 Å². The Labute approximate surface area is 140 Å². The van der Waals surface area contributed by atoms with E-state index in [-0.39, 0.29) is 9.37 Å². The first-order chi connectivity index (χ1) is 10.8. The molecule has 124 valence electrons. The van der Waals surface area contributed by atoms with Crippen LogP contribution >= 0.6 is 15.9 Å². The van der Waals surface area contributed by atoms with Gasteiger partial charge < -0.3 is 9.88 Å². The summed E-state index contributed by atoms with van der Waals surface area (Å²) in [7, 11) is -2.06. The van der Waals surface area contributed by atoms with Crippen molar-refractivity contribution in [3.05, 3.63) is 45.7 Å². The van der Waals surface area contributed by atoms with Gasteiger partial charge >= 0.3 is 0 Å². The van der Waals surface area contributed by atoms with Gasteiger partial charge in [-0.1, -0.05) is 0 Å². The normalized spacial score (nSPS) is 15.5. The van der Waals surface area contributed by atoms with Gasteiger partial charge in [0.2, 0.25) is 0 Å². The third kappa shape index (κ3) is 3.13. The summed E-state index contributed by atoms with van der Waals surface area (Å²) in [6.45, 7) is 1.35. The number of anilines is 1. The van der Waals surface area contributed by atoms with Crippen molar-refractivity contribution in [3.63, 3.8) is 0 Å². The SMILES string of the molecule is CN1CCc2c(S(=O)(=O)Nc3cc(F)c(Br)cc3F)c[nH]c2C1. The number of sulfonamides is 1. The summed E-state index contributed by atoms with van der Waals surface area (Å²) in [5.41, 5.74) is 1.09. The second kappa shape index (κ2) is 5.88. The molecule has 2 aromatic rings. The highest BCUT2D eigenvalue weighted by Gasteiger charge is 2.27. The maximum absolute atomic E-state index is 13.9. The number of nitrogens with zero attached hydrogens (tertiary/aromatic N) is 1. The predicted molar refractivity (Wildman–Crippen MR) is 85.7 cm³/mol. The first-order valence-corrected chi connectivity index (χ1v) is 9.10. The third-order valence-electron chi connectivity index (χ3n) is 3.75. The van der Waals surface area contributed by atoms with Crippen LogP contribution in [-0.2, 0) is 23.0 Å². The Balaban J connectivity index is 1.96. The van der Waals surface area contributed by atoms with E-state index in [1.807, 2.05) is 7.05 Å². The highest BCUT2D eigenvalue weighted by molar-refractivity contribution is 9.10. The van der Waals surface area contributed by atoms with Crippen LogP contribution in [0.15, 0.2) is 27.7 Å². The molecule has 2 heterocycles. The molecule has 5 nitrogen and oxygen atoms in total. The van der Waals surface area contributed by atoms with Crippen LogP contribution in [0.3, 0.4) is 0 Å². The van der Waals surface area contributed by atoms with Crippen molar-refractivity contribution in [2.24, 2.45) is 0 Å². The number of nitrogens with one attached hydrogen (secondary N) is 2. The molecule has 1 aliphatic rings. The van der Waals surface area contributed by atoms with Crippen LogP contribution in [0.1, 0.15) is 11.3 Å². The number of rotatable bonds is 3. The molecule has 0 atom stereocenters. The first-order valence-electron chi connectivity index (χ1n) is 6.83. The van der Waals surface area contributed by atoms with E-state index < -0.39 is 27.3 Å². The zero-order valence-corrected chi connectivity index (χ0v) is 14.6. The van der Waals surface area contributed by atoms with Crippen LogP contribution in [0.25, 0.3) is 0 Å². The van der Waals surface area contributed by atoms with Crippen LogP contribution < -0.4 is 4.72 Å². The van der Waals surface area contributed by atoms with Gasteiger partial charge in [0, 0.05) is 31.0 Å². The molecule has 0 bridgehead atoms. The standard InChI is InChI=1S/C14H14BrF2N3O2S/c1-20-3-2-8-13(7-20)18-6-14(8)23(21,22)19-12-5-10(16)9(15)4-11(12)17/h4-6,18-19H,2-3,7H2,1H3. The molecule has 1 aromatic carbocycles. The van der Waals surface area contributed by atoms with Crippen LogP contribution in [0.2, 0.25) is 0 Å². The molecule has 1 aliphatic heterocycles. The molecule has 23 heavy (non-hydrogen) atoms. The van der Waals surface area contributed by atoms with E-state index in [2.05, 4.69) is 30.5 Å². The number of fused-ring (bicyclic) bond motifs is 1. The van der Waals surface area contributed by atoms with Gasteiger partial charge in [-0.25, -0.2) is 17.2 Å². The number of halogens is 3. The van der Waals surface area contributed by atoms with Crippen molar-refractivity contribution in [2.45, 2.75) is 17.9 Å². The van der Waals surface area contributed by atoms with Crippen molar-refractivity contribution in [1.29, 1.82) is 0 Å². The number of hydrogen-bond acceptors (Lipinski definition) is 3. The minimum Gasteiger partial charge on any atom is -0.362 e. The van der Waals surface area contributed by atoms with Crippen molar-refractivity contribution >= 4 is 31.6 Å². The van der Waals surface area contributed by atoms with E-state index in [0.717, 1.165) is 24.4 Å². The molecular weight excluding hydrogens is 392 g/mol. The average Bonchev–Trinajstić information content (AvgIpc) is 2.88. The van der Waals surface area contributed by atoms with Crippen molar-refractivity contribution < 1.29 is 17.2 Å². The van der Waals surface area contributed by atoms with Gasteiger partial charge in [0.25, 0.3) is 10.0 Å². The van der Waals surface area contributed by atoms with E-state index in [9.17, 15) is 17.2 Å². The van der Waals surface area contributed by atoms with E-state index in [0.29, 0.717) is 18.5 Å². The predicted octanol–water partition coefficient (Wildman–Crippen LogP) is 2.84. The molecule has 1 aromatic heterocycles. The smallest absolute Gasteiger partial charge is 0.263 e. The van der Waals surface area contributed by atoms with Gasteiger partial charge in [0.15, 0.2) is 0 Å². The van der Waals surface area contributed by atoms with E-state index in [1.165, 1.54) is 6.20 Å². The Hall–Kier alpha value is -1.45. The number of aromatic nitrogens is 1. The fourth-order valence-corrected chi connectivity index (χ4v) is 4.22. The Morgan fingerprint density at radius 2 is 2.04 bits per heavy atom. The number of benzene rings is 1. The van der Waals surface area contributed by atoms with Crippen molar-refractivity contribution in [1.82, 2.24) is 9.88 Å². The molecule has 2 N–H and O–H groups in total. The molecule has 0 aliphatic carbocycles. The Kier molecular flexibility index (Phi) is 4.19. The molecule has 0 saturated heterocycles. The minimum absolute atomic E-state index is 0.0694. The van der Waals surface area contributed by atoms with E-state index in [4.69, 9.17) is 0 Å². The minimum atomic E-state index is -4.00. The van der Waals surface area contributed by atoms with E-state index in [1.54, 1.807) is 0 Å². The second-order valence-electron chi connectivity index (χ2n) is 5.45. The summed E-state index contributed by atoms with van der Waals surface area (Å²) in [4.78, 5) is 5.08. The van der Waals surface area contributed by atoms with Crippen LogP contribution in [0, 0.1) is 11.6 Å². The number of aromatic amines is 1. The highest BCUT2D eigenvalue weighted by Crippen LogP contribution is 2.29. The Morgan fingerprint density at radius 3 is 2.78 bits per heavy atom. The largest absolute Gasteiger partial charge is 0.362 e. The molecule has 0 fully saturated rings. The fraction of sp³-hybridized carbons (Fsp3) is 0.286. The van der Waals surface area contributed by atoms with Crippen molar-refractivity contribution in [3.8, 4) is 0 Å². The maximum atomic E-state index is 13.9. The summed E-state index contributed by atoms with van der Waals surface area (Å²) in [5, 5.41) is 0. The lowest BCUT2D eigenvalue weighted by atomic mass is 10.1. The Bertz CT molecular complexity index is 867. The molecule has 0 spiro atoms. The lowest BCUT2D eigenvalue weighted by molar-refractivity contribution is 0.308. The van der Waals surface area contributed by atoms with Crippen molar-refractivity contribution in [2.75, 3.05) is 18.3 Å². The molecule has 0 radical (unpaired) electrons. The topological polar surface area (TPSA) is 65.2 Å². The van der Waals surface area contributed by atoms with Gasteiger partial charge in [-0.3, -0.25) is 4.72 Å². The second-order valence-corrected chi connectivity index (χ2v) is 7.95. The van der Waals surface area contributed by atoms with Gasteiger partial charge in [-0.05, 0) is 41.0 Å². The monoisotopic (exact) mass is 405 g/mol. The molecule has 9 heteroatoms. The first kappa shape index (κ1) is 16.4. The molecule has 0 amide bonds. The molecule has 3 rings (SSSR count). The van der Waals surface area contributed by atoms with E-state index >= 15 is 0 Å². The van der Waals surface area contributed by atoms with Gasteiger partial charge in [0.1, 0.15) is 16.5 Å². The Morgan fingerprint density at radius 1 is 1.30 bits per heavy atom. The summed E-state index contributed by atoms with van der Waals surface area (Å²) < 4.78 is 54.5. The quantitative estimate of drug-likeness (QED) is 0.771. The zero-order chi connectivity index (χ0) is 16.8. The molecule has 0 saturated carbocycles. The summed E-state index contributed by atoms with van der Waals surface area (Å²) in [6.07, 6.45) is 1.96. The number of H-pyrrole nitrogens is 1. The average molecular weight is 406 g/mol. The molecule has 0 unspecified atom stereocenters. The molecular formula is C14H14BrF2N3O2S. The van der Waals surface area contributed by atoms with Crippen LogP contribution in [-0.4, -0.2) is 31.9 Å². The zero-order valence-electron chi connectivity index (χ0n) is 12.2. The lowest BCUT2D eigenvalue weighted by Gasteiger charge is -2.22. The van der Waals surface area contributed by atoms with Gasteiger partial charge in [0.05, 0.1) is 10.2 Å². The number of likely N-dealkylation sites (N-methyl/N-ethyl adjacent to an activating group) is 1. The van der Waals surface area contributed by atoms with Crippen LogP contribution in [0.5, 0.6) is 0 Å². The van der Waals surface area contributed by atoms with Gasteiger partial charge in [-0.15, -0.1) is 0 Å². The lowest BCUT2D eigenvalue weighted by Crippen LogP contribution is -2.27. The number of hydrogen-bond donors (Lipinski definition) is 2. The fourth-order valence-electron chi connectivity index (χ4n) is 2.58. The summed E-state index contributed by atoms with van der Waals surface area (Å²) >= 11 is 2.85. The summed E-state index contributed by atoms with van der Waals surface area (Å²) in [6, 6.07) is 1.69. The van der Waals surface area contributed by atoms with Gasteiger partial charge in [-0.2, -0.15) is 0 Å². The highest BCUT2D eigenvalue weighted by atomic mass is 79.9. The summed E-state index contributed by atoms with van der Waals surface area (Å²) in [5.74, 6) is -1.60. The maximum Gasteiger partial charge on any atom is 0.263 e. The third-order valence-corrected chi connectivity index (χ3v) is 5.79.